The summed E-state index contributed by atoms with van der Waals surface area (Å²) >= 11 is 0. The van der Waals surface area contributed by atoms with Gasteiger partial charge in [0.2, 0.25) is 0 Å². The Hall–Kier alpha value is -1.87. The van der Waals surface area contributed by atoms with Crippen molar-refractivity contribution in [2.45, 2.75) is 58.0 Å². The molecule has 0 saturated heterocycles. The molecule has 2 aromatic rings. The third-order valence-corrected chi connectivity index (χ3v) is 4.29. The molecule has 1 aromatic heterocycles. The van der Waals surface area contributed by atoms with Gasteiger partial charge in [-0.05, 0) is 37.0 Å². The number of rotatable bonds is 12. The van der Waals surface area contributed by atoms with Crippen LogP contribution in [0.3, 0.4) is 0 Å². The molecule has 1 N–H and O–H groups in total. The van der Waals surface area contributed by atoms with Crippen LogP contribution in [0.15, 0.2) is 43.1 Å². The second-order valence-corrected chi connectivity index (χ2v) is 6.25. The van der Waals surface area contributed by atoms with Crippen LogP contribution >= 0.6 is 0 Å². The fourth-order valence-electron chi connectivity index (χ4n) is 2.90. The highest BCUT2D eigenvalue weighted by molar-refractivity contribution is 5.86. The van der Waals surface area contributed by atoms with Crippen LogP contribution in [0.5, 0.6) is 5.75 Å². The fourth-order valence-corrected chi connectivity index (χ4v) is 2.90. The Morgan fingerprint density at radius 1 is 1.00 bits per heavy atom. The summed E-state index contributed by atoms with van der Waals surface area (Å²) in [6.07, 6.45) is 13.8. The van der Waals surface area contributed by atoms with Crippen LogP contribution in [-0.4, -0.2) is 16.7 Å². The number of allylic oxidation sites excluding steroid dienone is 1. The van der Waals surface area contributed by atoms with Crippen LogP contribution in [0.2, 0.25) is 0 Å². The number of fused-ring (bicyclic) bond motifs is 1. The zero-order chi connectivity index (χ0) is 17.0. The molecule has 0 aliphatic heterocycles. The Balaban J connectivity index is 1.60. The first-order valence-electron chi connectivity index (χ1n) is 9.07. The predicted molar refractivity (Wildman–Crippen MR) is 100 cm³/mol. The molecule has 0 amide bonds. The van der Waals surface area contributed by atoms with E-state index in [1.165, 1.54) is 38.5 Å². The lowest BCUT2D eigenvalue weighted by Crippen LogP contribution is -1.97. The molecular weight excluding hydrogens is 298 g/mol. The van der Waals surface area contributed by atoms with Gasteiger partial charge in [0.1, 0.15) is 11.3 Å². The monoisotopic (exact) mass is 327 g/mol. The van der Waals surface area contributed by atoms with Crippen LogP contribution in [0.4, 0.5) is 0 Å². The Labute approximate surface area is 145 Å². The van der Waals surface area contributed by atoms with Gasteiger partial charge in [-0.1, -0.05) is 50.3 Å². The average molecular weight is 327 g/mol. The maximum absolute atomic E-state index is 9.85. The Bertz CT molecular complexity index is 624. The molecule has 0 aliphatic rings. The van der Waals surface area contributed by atoms with Gasteiger partial charge in [0, 0.05) is 18.2 Å². The average Bonchev–Trinajstić information content (AvgIpc) is 2.61. The lowest BCUT2D eigenvalue weighted by atomic mass is 10.1. The standard InChI is InChI=1S/C21H29NO2/c1-2-3-4-5-6-7-8-9-10-16-24-17-18-13-14-20(23)21-19(18)12-11-15-22-21/h2,11-15,23H,1,3-10,16-17H2. The van der Waals surface area contributed by atoms with Crippen molar-refractivity contribution in [3.63, 3.8) is 0 Å². The molecule has 24 heavy (non-hydrogen) atoms. The summed E-state index contributed by atoms with van der Waals surface area (Å²) in [6, 6.07) is 7.48. The first-order valence-corrected chi connectivity index (χ1v) is 9.07. The minimum absolute atomic E-state index is 0.224. The molecule has 0 atom stereocenters. The van der Waals surface area contributed by atoms with E-state index in [2.05, 4.69) is 11.6 Å². The topological polar surface area (TPSA) is 42.4 Å². The van der Waals surface area contributed by atoms with E-state index < -0.39 is 0 Å². The highest BCUT2D eigenvalue weighted by atomic mass is 16.5. The summed E-state index contributed by atoms with van der Waals surface area (Å²) in [6.45, 7) is 5.11. The molecule has 0 bridgehead atoms. The molecule has 0 spiro atoms. The maximum Gasteiger partial charge on any atom is 0.141 e. The number of nitrogens with zero attached hydrogens (tertiary/aromatic N) is 1. The van der Waals surface area contributed by atoms with Crippen LogP contribution < -0.4 is 0 Å². The SMILES string of the molecule is C=CCCCCCCCCCOCc1ccc(O)c2ncccc12. The fraction of sp³-hybridized carbons (Fsp3) is 0.476. The largest absolute Gasteiger partial charge is 0.506 e. The molecular formula is C21H29NO2. The molecule has 0 aliphatic carbocycles. The van der Waals surface area contributed by atoms with Gasteiger partial charge >= 0.3 is 0 Å². The molecule has 1 heterocycles. The van der Waals surface area contributed by atoms with Gasteiger partial charge in [-0.2, -0.15) is 0 Å². The van der Waals surface area contributed by atoms with Crippen molar-refractivity contribution >= 4 is 10.9 Å². The van der Waals surface area contributed by atoms with E-state index in [-0.39, 0.29) is 5.75 Å². The Morgan fingerprint density at radius 3 is 2.54 bits per heavy atom. The van der Waals surface area contributed by atoms with E-state index in [1.807, 2.05) is 24.3 Å². The quantitative estimate of drug-likeness (QED) is 0.398. The second-order valence-electron chi connectivity index (χ2n) is 6.25. The van der Waals surface area contributed by atoms with E-state index in [1.54, 1.807) is 12.3 Å². The number of unbranched alkanes of at least 4 members (excludes halogenated alkanes) is 7. The van der Waals surface area contributed by atoms with Crippen molar-refractivity contribution in [1.29, 1.82) is 0 Å². The highest BCUT2D eigenvalue weighted by Gasteiger charge is 2.05. The number of aromatic nitrogens is 1. The number of phenolic OH excluding ortho intramolecular Hbond substituents is 1. The van der Waals surface area contributed by atoms with Crippen LogP contribution in [0.25, 0.3) is 10.9 Å². The first-order chi connectivity index (χ1) is 11.8. The van der Waals surface area contributed by atoms with Crippen LogP contribution in [0.1, 0.15) is 56.9 Å². The maximum atomic E-state index is 9.85. The molecule has 0 saturated carbocycles. The molecule has 3 nitrogen and oxygen atoms in total. The second kappa shape index (κ2) is 10.8. The van der Waals surface area contributed by atoms with Crippen molar-refractivity contribution in [2.24, 2.45) is 0 Å². The normalized spacial score (nSPS) is 11.0. The van der Waals surface area contributed by atoms with Crippen LogP contribution in [0, 0.1) is 0 Å². The third kappa shape index (κ3) is 5.97. The predicted octanol–water partition coefficient (Wildman–Crippen LogP) is 5.76. The summed E-state index contributed by atoms with van der Waals surface area (Å²) in [5.74, 6) is 0.224. The number of aromatic hydroxyl groups is 1. The molecule has 2 rings (SSSR count). The highest BCUT2D eigenvalue weighted by Crippen LogP contribution is 2.25. The van der Waals surface area contributed by atoms with Crippen molar-refractivity contribution in [3.8, 4) is 5.75 Å². The number of pyridine rings is 1. The summed E-state index contributed by atoms with van der Waals surface area (Å²) in [4.78, 5) is 4.24. The lowest BCUT2D eigenvalue weighted by Gasteiger charge is -2.08. The molecule has 0 fully saturated rings. The molecule has 0 unspecified atom stereocenters. The van der Waals surface area contributed by atoms with Crippen LogP contribution in [-0.2, 0) is 11.3 Å². The minimum atomic E-state index is 0.224. The number of hydrogen-bond donors (Lipinski definition) is 1. The lowest BCUT2D eigenvalue weighted by molar-refractivity contribution is 0.117. The van der Waals surface area contributed by atoms with Gasteiger partial charge in [0.05, 0.1) is 6.61 Å². The first kappa shape index (κ1) is 18.5. The summed E-state index contributed by atoms with van der Waals surface area (Å²) in [5, 5.41) is 10.8. The molecule has 1 aromatic carbocycles. The van der Waals surface area contributed by atoms with Crippen molar-refractivity contribution < 1.29 is 9.84 Å². The molecule has 0 radical (unpaired) electrons. The van der Waals surface area contributed by atoms with Gasteiger partial charge in [-0.25, -0.2) is 0 Å². The van der Waals surface area contributed by atoms with Crippen molar-refractivity contribution in [1.82, 2.24) is 4.98 Å². The number of hydrogen-bond acceptors (Lipinski definition) is 3. The zero-order valence-electron chi connectivity index (χ0n) is 14.5. The summed E-state index contributed by atoms with van der Waals surface area (Å²) in [5.41, 5.74) is 1.73. The van der Waals surface area contributed by atoms with Crippen molar-refractivity contribution in [3.05, 3.63) is 48.7 Å². The smallest absolute Gasteiger partial charge is 0.141 e. The van der Waals surface area contributed by atoms with E-state index in [0.29, 0.717) is 12.1 Å². The van der Waals surface area contributed by atoms with Gasteiger partial charge in [-0.15, -0.1) is 6.58 Å². The van der Waals surface area contributed by atoms with E-state index in [0.717, 1.165) is 30.4 Å². The van der Waals surface area contributed by atoms with Gasteiger partial charge in [0.25, 0.3) is 0 Å². The number of benzene rings is 1. The van der Waals surface area contributed by atoms with Gasteiger partial charge in [-0.3, -0.25) is 4.98 Å². The zero-order valence-corrected chi connectivity index (χ0v) is 14.5. The van der Waals surface area contributed by atoms with E-state index in [4.69, 9.17) is 4.74 Å². The molecule has 130 valence electrons. The third-order valence-electron chi connectivity index (χ3n) is 4.29. The molecule has 3 heteroatoms. The van der Waals surface area contributed by atoms with E-state index >= 15 is 0 Å². The number of phenols is 1. The summed E-state index contributed by atoms with van der Waals surface area (Å²) in [7, 11) is 0. The Morgan fingerprint density at radius 2 is 1.75 bits per heavy atom. The number of ether oxygens (including phenoxy) is 1. The van der Waals surface area contributed by atoms with Crippen molar-refractivity contribution in [2.75, 3.05) is 6.61 Å². The van der Waals surface area contributed by atoms with Gasteiger partial charge in [0.15, 0.2) is 0 Å². The van der Waals surface area contributed by atoms with Gasteiger partial charge < -0.3 is 9.84 Å². The minimum Gasteiger partial charge on any atom is -0.506 e. The van der Waals surface area contributed by atoms with E-state index in [9.17, 15) is 5.11 Å². The summed E-state index contributed by atoms with van der Waals surface area (Å²) < 4.78 is 5.81. The Kier molecular flexibility index (Phi) is 8.33.